The molecule has 4 nitrogen and oxygen atoms in total. The van der Waals surface area contributed by atoms with E-state index in [1.54, 1.807) is 0 Å². The molecule has 1 aliphatic rings. The number of nitrogens with zero attached hydrogens (tertiary/aromatic N) is 1. The fourth-order valence-electron chi connectivity index (χ4n) is 2.29. The van der Waals surface area contributed by atoms with Crippen molar-refractivity contribution in [1.29, 1.82) is 0 Å². The molecule has 0 saturated heterocycles. The monoisotopic (exact) mass is 281 g/mol. The first-order valence-electron chi connectivity index (χ1n) is 6.69. The van der Waals surface area contributed by atoms with Crippen LogP contribution in [0.5, 0.6) is 0 Å². The second kappa shape index (κ2) is 7.57. The van der Waals surface area contributed by atoms with Crippen molar-refractivity contribution in [3.63, 3.8) is 0 Å². The Labute approximate surface area is 111 Å². The molecule has 0 bridgehead atoms. The second-order valence-corrected chi connectivity index (χ2v) is 4.73. The van der Waals surface area contributed by atoms with Crippen LogP contribution in [-0.4, -0.2) is 43.0 Å². The molecule has 1 rings (SSSR count). The van der Waals surface area contributed by atoms with Crippen molar-refractivity contribution >= 4 is 5.96 Å². The molecule has 7 heteroatoms. The molecule has 1 saturated carbocycles. The molecule has 112 valence electrons. The van der Waals surface area contributed by atoms with Gasteiger partial charge in [-0.3, -0.25) is 4.99 Å². The highest BCUT2D eigenvalue weighted by Crippen LogP contribution is 2.37. The highest BCUT2D eigenvalue weighted by atomic mass is 19.4. The first-order valence-corrected chi connectivity index (χ1v) is 6.69. The lowest BCUT2D eigenvalue weighted by atomic mass is 9.85. The zero-order chi connectivity index (χ0) is 14.3. The number of hydrogen-bond donors (Lipinski definition) is 3. The van der Waals surface area contributed by atoms with E-state index >= 15 is 0 Å². The van der Waals surface area contributed by atoms with Crippen molar-refractivity contribution in [2.45, 2.75) is 44.8 Å². The summed E-state index contributed by atoms with van der Waals surface area (Å²) in [6, 6.07) is -0.211. The fourth-order valence-corrected chi connectivity index (χ4v) is 2.29. The summed E-state index contributed by atoms with van der Waals surface area (Å²) in [5.41, 5.74) is 0. The van der Waals surface area contributed by atoms with Gasteiger partial charge in [0.05, 0.1) is 19.1 Å². The van der Waals surface area contributed by atoms with Gasteiger partial charge in [0, 0.05) is 12.6 Å². The third-order valence-corrected chi connectivity index (χ3v) is 3.19. The Balaban J connectivity index is 2.54. The zero-order valence-corrected chi connectivity index (χ0v) is 11.1. The zero-order valence-electron chi connectivity index (χ0n) is 11.1. The number of aliphatic imine (C=N–C) groups is 1. The third-order valence-electron chi connectivity index (χ3n) is 3.19. The van der Waals surface area contributed by atoms with Crippen LogP contribution in [0.15, 0.2) is 4.99 Å². The summed E-state index contributed by atoms with van der Waals surface area (Å²) in [4.78, 5) is 4.08. The molecular formula is C12H22F3N3O. The molecule has 1 fully saturated rings. The number of nitrogens with one attached hydrogen (secondary N) is 2. The summed E-state index contributed by atoms with van der Waals surface area (Å²) in [5.74, 6) is -0.746. The van der Waals surface area contributed by atoms with E-state index in [1.807, 2.05) is 6.92 Å². The Morgan fingerprint density at radius 3 is 2.68 bits per heavy atom. The Hall–Kier alpha value is -0.980. The van der Waals surface area contributed by atoms with E-state index in [0.717, 1.165) is 6.42 Å². The molecule has 0 spiro atoms. The first-order chi connectivity index (χ1) is 8.97. The van der Waals surface area contributed by atoms with Crippen LogP contribution in [0.25, 0.3) is 0 Å². The van der Waals surface area contributed by atoms with Gasteiger partial charge in [-0.15, -0.1) is 0 Å². The van der Waals surface area contributed by atoms with E-state index in [2.05, 4.69) is 15.6 Å². The van der Waals surface area contributed by atoms with Crippen LogP contribution in [0.3, 0.4) is 0 Å². The molecule has 0 heterocycles. The Bertz CT molecular complexity index is 294. The smallest absolute Gasteiger partial charge is 0.391 e. The number of aliphatic hydroxyl groups is 1. The molecule has 0 aromatic carbocycles. The summed E-state index contributed by atoms with van der Waals surface area (Å²) < 4.78 is 38.1. The average molecular weight is 281 g/mol. The highest BCUT2D eigenvalue weighted by Gasteiger charge is 2.42. The number of rotatable bonds is 4. The summed E-state index contributed by atoms with van der Waals surface area (Å²) in [5, 5.41) is 14.7. The molecular weight excluding hydrogens is 259 g/mol. The normalized spacial score (nSPS) is 25.2. The molecule has 19 heavy (non-hydrogen) atoms. The quantitative estimate of drug-likeness (QED) is 0.542. The topological polar surface area (TPSA) is 56.7 Å². The Kier molecular flexibility index (Phi) is 6.41. The number of aliphatic hydroxyl groups excluding tert-OH is 1. The minimum atomic E-state index is -4.11. The van der Waals surface area contributed by atoms with Crippen molar-refractivity contribution in [1.82, 2.24) is 10.6 Å². The van der Waals surface area contributed by atoms with Crippen molar-refractivity contribution in [3.05, 3.63) is 0 Å². The van der Waals surface area contributed by atoms with Gasteiger partial charge < -0.3 is 15.7 Å². The van der Waals surface area contributed by atoms with Crippen molar-refractivity contribution in [3.8, 4) is 0 Å². The van der Waals surface area contributed by atoms with Gasteiger partial charge in [-0.05, 0) is 26.2 Å². The molecule has 1 aliphatic carbocycles. The lowest BCUT2D eigenvalue weighted by Crippen LogP contribution is -2.46. The Morgan fingerprint density at radius 1 is 1.37 bits per heavy atom. The highest BCUT2D eigenvalue weighted by molar-refractivity contribution is 5.80. The molecule has 2 unspecified atom stereocenters. The molecule has 0 aromatic heterocycles. The van der Waals surface area contributed by atoms with Gasteiger partial charge in [0.1, 0.15) is 0 Å². The maximum absolute atomic E-state index is 12.7. The minimum Gasteiger partial charge on any atom is -0.394 e. The van der Waals surface area contributed by atoms with Crippen LogP contribution in [0.1, 0.15) is 32.6 Å². The van der Waals surface area contributed by atoms with E-state index in [-0.39, 0.29) is 32.0 Å². The van der Waals surface area contributed by atoms with Gasteiger partial charge in [0.25, 0.3) is 0 Å². The van der Waals surface area contributed by atoms with E-state index < -0.39 is 12.1 Å². The molecule has 0 aromatic rings. The number of guanidine groups is 1. The van der Waals surface area contributed by atoms with Gasteiger partial charge in [-0.25, -0.2) is 0 Å². The van der Waals surface area contributed by atoms with E-state index in [9.17, 15) is 13.2 Å². The number of alkyl halides is 3. The first kappa shape index (κ1) is 16.1. The molecule has 0 amide bonds. The van der Waals surface area contributed by atoms with Crippen molar-refractivity contribution in [2.75, 3.05) is 19.7 Å². The Morgan fingerprint density at radius 2 is 2.11 bits per heavy atom. The SMILES string of the molecule is CCNC(=NCCO)NC1CCCC(C(F)(F)F)C1. The number of halogens is 3. The van der Waals surface area contributed by atoms with E-state index in [1.165, 1.54) is 0 Å². The summed E-state index contributed by atoms with van der Waals surface area (Å²) in [6.45, 7) is 2.68. The maximum atomic E-state index is 12.7. The second-order valence-electron chi connectivity index (χ2n) is 4.73. The largest absolute Gasteiger partial charge is 0.394 e. The predicted octanol–water partition coefficient (Wildman–Crippen LogP) is 1.65. The molecule has 2 atom stereocenters. The predicted molar refractivity (Wildman–Crippen MR) is 68.0 cm³/mol. The van der Waals surface area contributed by atoms with Crippen LogP contribution in [-0.2, 0) is 0 Å². The van der Waals surface area contributed by atoms with Gasteiger partial charge in [-0.1, -0.05) is 6.42 Å². The van der Waals surface area contributed by atoms with Crippen molar-refractivity contribution in [2.24, 2.45) is 10.9 Å². The summed E-state index contributed by atoms with van der Waals surface area (Å²) in [7, 11) is 0. The maximum Gasteiger partial charge on any atom is 0.391 e. The van der Waals surface area contributed by atoms with Crippen LogP contribution in [0, 0.1) is 5.92 Å². The summed E-state index contributed by atoms with van der Waals surface area (Å²) in [6.07, 6.45) is -2.52. The van der Waals surface area contributed by atoms with Gasteiger partial charge in [0.15, 0.2) is 5.96 Å². The van der Waals surface area contributed by atoms with Crippen LogP contribution >= 0.6 is 0 Å². The molecule has 0 aliphatic heterocycles. The average Bonchev–Trinajstić information content (AvgIpc) is 2.35. The lowest BCUT2D eigenvalue weighted by molar-refractivity contribution is -0.183. The fraction of sp³-hybridized carbons (Fsp3) is 0.917. The molecule has 3 N–H and O–H groups in total. The van der Waals surface area contributed by atoms with Crippen LogP contribution < -0.4 is 10.6 Å². The standard InChI is InChI=1S/C12H22F3N3O/c1-2-16-11(17-6-7-19)18-10-5-3-4-9(8-10)12(13,14)15/h9-10,19H,2-8H2,1H3,(H2,16,17,18). The van der Waals surface area contributed by atoms with Crippen LogP contribution in [0.2, 0.25) is 0 Å². The summed E-state index contributed by atoms with van der Waals surface area (Å²) >= 11 is 0. The minimum absolute atomic E-state index is 0.0770. The van der Waals surface area contributed by atoms with Gasteiger partial charge in [0.2, 0.25) is 0 Å². The van der Waals surface area contributed by atoms with E-state index in [0.29, 0.717) is 18.9 Å². The third kappa shape index (κ3) is 5.67. The van der Waals surface area contributed by atoms with Gasteiger partial charge in [-0.2, -0.15) is 13.2 Å². The lowest BCUT2D eigenvalue weighted by Gasteiger charge is -2.31. The van der Waals surface area contributed by atoms with E-state index in [4.69, 9.17) is 5.11 Å². The van der Waals surface area contributed by atoms with Crippen molar-refractivity contribution < 1.29 is 18.3 Å². The van der Waals surface area contributed by atoms with Crippen LogP contribution in [0.4, 0.5) is 13.2 Å². The molecule has 0 radical (unpaired) electrons. The number of hydrogen-bond acceptors (Lipinski definition) is 2. The van der Waals surface area contributed by atoms with Gasteiger partial charge >= 0.3 is 6.18 Å².